The van der Waals surface area contributed by atoms with Crippen LogP contribution in [0.25, 0.3) is 0 Å². The van der Waals surface area contributed by atoms with E-state index in [0.717, 1.165) is 10.0 Å². The quantitative estimate of drug-likeness (QED) is 0.568. The summed E-state index contributed by atoms with van der Waals surface area (Å²) in [5.41, 5.74) is 4.18. The zero-order valence-electron chi connectivity index (χ0n) is 14.1. The van der Waals surface area contributed by atoms with Gasteiger partial charge < -0.3 is 14.6 Å². The molecule has 25 heavy (non-hydrogen) atoms. The number of aromatic hydroxyl groups is 1. The Morgan fingerprint density at radius 3 is 2.72 bits per heavy atom. The number of halogens is 1. The van der Waals surface area contributed by atoms with Crippen molar-refractivity contribution >= 4 is 28.1 Å². The molecular formula is C18H19BrN2O4. The fraction of sp³-hybridized carbons (Fsp3) is 0.222. The summed E-state index contributed by atoms with van der Waals surface area (Å²) < 4.78 is 11.4. The second-order valence-electron chi connectivity index (χ2n) is 5.36. The highest BCUT2D eigenvalue weighted by atomic mass is 79.9. The first-order chi connectivity index (χ1) is 11.9. The topological polar surface area (TPSA) is 80.2 Å². The maximum absolute atomic E-state index is 12.1. The predicted molar refractivity (Wildman–Crippen MR) is 99.4 cm³/mol. The van der Waals surface area contributed by atoms with Crippen molar-refractivity contribution in [2.75, 3.05) is 7.11 Å². The fourth-order valence-corrected chi connectivity index (χ4v) is 2.57. The Kier molecular flexibility index (Phi) is 6.41. The van der Waals surface area contributed by atoms with Gasteiger partial charge in [0.05, 0.1) is 17.8 Å². The Morgan fingerprint density at radius 1 is 1.28 bits per heavy atom. The Morgan fingerprint density at radius 2 is 2.04 bits per heavy atom. The molecule has 1 atom stereocenters. The van der Waals surface area contributed by atoms with E-state index in [9.17, 15) is 9.90 Å². The van der Waals surface area contributed by atoms with Crippen molar-refractivity contribution in [3.63, 3.8) is 0 Å². The molecule has 7 heteroatoms. The van der Waals surface area contributed by atoms with Gasteiger partial charge in [-0.15, -0.1) is 0 Å². The number of hydrazone groups is 1. The fourth-order valence-electron chi connectivity index (χ4n) is 1.98. The Bertz CT molecular complexity index is 793. The Balaban J connectivity index is 1.94. The summed E-state index contributed by atoms with van der Waals surface area (Å²) in [4.78, 5) is 12.1. The summed E-state index contributed by atoms with van der Waals surface area (Å²) >= 11 is 3.41. The summed E-state index contributed by atoms with van der Waals surface area (Å²) in [6, 6.07) is 10.4. The van der Waals surface area contributed by atoms with Gasteiger partial charge in [0, 0.05) is 0 Å². The second-order valence-corrected chi connectivity index (χ2v) is 6.21. The summed E-state index contributed by atoms with van der Waals surface area (Å²) in [7, 11) is 1.46. The SMILES string of the molecule is COc1cc(/C=N/NC(=O)C(C)Oc2ccc(C)cc2Br)ccc1O. The molecule has 1 unspecified atom stereocenters. The number of hydrogen-bond donors (Lipinski definition) is 2. The van der Waals surface area contributed by atoms with Crippen molar-refractivity contribution in [1.82, 2.24) is 5.43 Å². The smallest absolute Gasteiger partial charge is 0.280 e. The van der Waals surface area contributed by atoms with E-state index in [1.165, 1.54) is 19.4 Å². The van der Waals surface area contributed by atoms with Crippen molar-refractivity contribution < 1.29 is 19.4 Å². The van der Waals surface area contributed by atoms with Crippen LogP contribution in [0.1, 0.15) is 18.1 Å². The third-order valence-electron chi connectivity index (χ3n) is 3.35. The van der Waals surface area contributed by atoms with Gasteiger partial charge in [-0.05, 0) is 71.2 Å². The van der Waals surface area contributed by atoms with Crippen LogP contribution >= 0.6 is 15.9 Å². The van der Waals surface area contributed by atoms with Crippen LogP contribution in [0.2, 0.25) is 0 Å². The third-order valence-corrected chi connectivity index (χ3v) is 3.97. The first-order valence-corrected chi connectivity index (χ1v) is 8.32. The van der Waals surface area contributed by atoms with Crippen molar-refractivity contribution in [3.05, 3.63) is 52.0 Å². The van der Waals surface area contributed by atoms with Crippen LogP contribution in [0.3, 0.4) is 0 Å². The predicted octanol–water partition coefficient (Wildman–Crippen LogP) is 3.39. The normalized spacial score (nSPS) is 12.0. The second kappa shape index (κ2) is 8.53. The number of rotatable bonds is 6. The average molecular weight is 407 g/mol. The Hall–Kier alpha value is -2.54. The Labute approximate surface area is 154 Å². The van der Waals surface area contributed by atoms with Gasteiger partial charge >= 0.3 is 0 Å². The van der Waals surface area contributed by atoms with Gasteiger partial charge in [0.2, 0.25) is 0 Å². The molecule has 2 aromatic rings. The number of amides is 1. The van der Waals surface area contributed by atoms with E-state index in [0.29, 0.717) is 17.1 Å². The summed E-state index contributed by atoms with van der Waals surface area (Å²) in [5, 5.41) is 13.4. The molecule has 0 aliphatic rings. The number of carbonyl (C=O) groups excluding carboxylic acids is 1. The van der Waals surface area contributed by atoms with E-state index >= 15 is 0 Å². The zero-order chi connectivity index (χ0) is 18.4. The van der Waals surface area contributed by atoms with Crippen molar-refractivity contribution in [2.24, 2.45) is 5.10 Å². The number of nitrogens with zero attached hydrogens (tertiary/aromatic N) is 1. The van der Waals surface area contributed by atoms with Gasteiger partial charge in [-0.2, -0.15) is 5.10 Å². The third kappa shape index (κ3) is 5.22. The van der Waals surface area contributed by atoms with Crippen LogP contribution in [0.15, 0.2) is 46.0 Å². The lowest BCUT2D eigenvalue weighted by Crippen LogP contribution is -2.33. The molecule has 0 aromatic heterocycles. The molecule has 0 saturated heterocycles. The number of hydrogen-bond acceptors (Lipinski definition) is 5. The molecule has 0 radical (unpaired) electrons. The van der Waals surface area contributed by atoms with Crippen LogP contribution in [0.4, 0.5) is 0 Å². The summed E-state index contributed by atoms with van der Waals surface area (Å²) in [5.74, 6) is 0.570. The highest BCUT2D eigenvalue weighted by Crippen LogP contribution is 2.27. The van der Waals surface area contributed by atoms with Gasteiger partial charge in [-0.3, -0.25) is 4.79 Å². The molecule has 6 nitrogen and oxygen atoms in total. The van der Waals surface area contributed by atoms with E-state index in [-0.39, 0.29) is 11.7 Å². The molecule has 0 bridgehead atoms. The molecule has 0 heterocycles. The molecule has 2 N–H and O–H groups in total. The monoisotopic (exact) mass is 406 g/mol. The first kappa shape index (κ1) is 18.8. The van der Waals surface area contributed by atoms with Gasteiger partial charge in [0.1, 0.15) is 5.75 Å². The maximum atomic E-state index is 12.1. The van der Waals surface area contributed by atoms with E-state index in [2.05, 4.69) is 26.5 Å². The van der Waals surface area contributed by atoms with Crippen LogP contribution < -0.4 is 14.9 Å². The molecule has 0 spiro atoms. The van der Waals surface area contributed by atoms with Gasteiger partial charge in [-0.1, -0.05) is 6.07 Å². The lowest BCUT2D eigenvalue weighted by molar-refractivity contribution is -0.127. The van der Waals surface area contributed by atoms with E-state index in [1.54, 1.807) is 25.1 Å². The zero-order valence-corrected chi connectivity index (χ0v) is 15.7. The van der Waals surface area contributed by atoms with E-state index in [1.807, 2.05) is 19.1 Å². The van der Waals surface area contributed by atoms with Crippen molar-refractivity contribution in [1.29, 1.82) is 0 Å². The standard InChI is InChI=1S/C18H19BrN2O4/c1-11-4-7-16(14(19)8-11)25-12(2)18(23)21-20-10-13-5-6-15(22)17(9-13)24-3/h4-10,12,22H,1-3H3,(H,21,23)/b20-10+. The molecule has 0 fully saturated rings. The number of carbonyl (C=O) groups is 1. The number of nitrogens with one attached hydrogen (secondary N) is 1. The maximum Gasteiger partial charge on any atom is 0.280 e. The average Bonchev–Trinajstić information content (AvgIpc) is 2.58. The lowest BCUT2D eigenvalue weighted by atomic mass is 10.2. The molecule has 0 aliphatic carbocycles. The summed E-state index contributed by atoms with van der Waals surface area (Å²) in [6.45, 7) is 3.61. The van der Waals surface area contributed by atoms with Gasteiger partial charge in [0.25, 0.3) is 5.91 Å². The number of aryl methyl sites for hydroxylation is 1. The minimum absolute atomic E-state index is 0.0365. The number of phenols is 1. The molecule has 2 aromatic carbocycles. The largest absolute Gasteiger partial charge is 0.504 e. The van der Waals surface area contributed by atoms with Crippen molar-refractivity contribution in [3.8, 4) is 17.2 Å². The molecule has 0 aliphatic heterocycles. The molecule has 2 rings (SSSR count). The van der Waals surface area contributed by atoms with Crippen LogP contribution in [-0.2, 0) is 4.79 Å². The summed E-state index contributed by atoms with van der Waals surface area (Å²) in [6.07, 6.45) is 0.736. The highest BCUT2D eigenvalue weighted by molar-refractivity contribution is 9.10. The minimum Gasteiger partial charge on any atom is -0.504 e. The van der Waals surface area contributed by atoms with Gasteiger partial charge in [-0.25, -0.2) is 5.43 Å². The molecule has 132 valence electrons. The van der Waals surface area contributed by atoms with E-state index < -0.39 is 6.10 Å². The van der Waals surface area contributed by atoms with Crippen LogP contribution in [0.5, 0.6) is 17.2 Å². The number of methoxy groups -OCH3 is 1. The molecule has 0 saturated carbocycles. The number of ether oxygens (including phenoxy) is 2. The van der Waals surface area contributed by atoms with E-state index in [4.69, 9.17) is 9.47 Å². The number of phenolic OH excluding ortho intramolecular Hbond substituents is 1. The number of benzene rings is 2. The van der Waals surface area contributed by atoms with Crippen LogP contribution in [-0.4, -0.2) is 30.4 Å². The van der Waals surface area contributed by atoms with Crippen molar-refractivity contribution in [2.45, 2.75) is 20.0 Å². The van der Waals surface area contributed by atoms with Crippen LogP contribution in [0, 0.1) is 6.92 Å². The molecular weight excluding hydrogens is 388 g/mol. The minimum atomic E-state index is -0.717. The van der Waals surface area contributed by atoms with Gasteiger partial charge in [0.15, 0.2) is 17.6 Å². The molecule has 1 amide bonds. The highest BCUT2D eigenvalue weighted by Gasteiger charge is 2.15. The first-order valence-electron chi connectivity index (χ1n) is 7.53. The lowest BCUT2D eigenvalue weighted by Gasteiger charge is -2.14.